The lowest BCUT2D eigenvalue weighted by Gasteiger charge is -2.24. The summed E-state index contributed by atoms with van der Waals surface area (Å²) in [5, 5.41) is 0. The highest BCUT2D eigenvalue weighted by Gasteiger charge is 2.20. The third-order valence-corrected chi connectivity index (χ3v) is 4.04. The summed E-state index contributed by atoms with van der Waals surface area (Å²) in [6.45, 7) is 3.78. The van der Waals surface area contributed by atoms with Gasteiger partial charge in [-0.25, -0.2) is 9.97 Å². The maximum atomic E-state index is 5.80. The summed E-state index contributed by atoms with van der Waals surface area (Å²) < 4.78 is 10.9. The zero-order valence-electron chi connectivity index (χ0n) is 14.1. The quantitative estimate of drug-likeness (QED) is 0.740. The summed E-state index contributed by atoms with van der Waals surface area (Å²) in [5.41, 5.74) is 2.15. The van der Waals surface area contributed by atoms with Crippen LogP contribution in [0.5, 0.6) is 0 Å². The molecule has 1 fully saturated rings. The normalized spacial score (nSPS) is 17.5. The Morgan fingerprint density at radius 2 is 2.08 bits per heavy atom. The van der Waals surface area contributed by atoms with E-state index in [1.54, 1.807) is 7.11 Å². The SMILES string of the molecule is COCc1ncc(CN(Cc2ccccn2)C[C@H]2CCCO2)cn1. The Hall–Kier alpha value is -1.89. The van der Waals surface area contributed by atoms with E-state index in [2.05, 4.69) is 25.9 Å². The van der Waals surface area contributed by atoms with E-state index in [1.807, 2.05) is 30.7 Å². The minimum Gasteiger partial charge on any atom is -0.377 e. The summed E-state index contributed by atoms with van der Waals surface area (Å²) in [5.74, 6) is 0.705. The molecule has 0 amide bonds. The van der Waals surface area contributed by atoms with E-state index in [-0.39, 0.29) is 0 Å². The first-order valence-electron chi connectivity index (χ1n) is 8.36. The molecule has 128 valence electrons. The Morgan fingerprint density at radius 3 is 2.75 bits per heavy atom. The molecule has 0 aliphatic carbocycles. The van der Waals surface area contributed by atoms with E-state index in [0.29, 0.717) is 18.5 Å². The zero-order valence-corrected chi connectivity index (χ0v) is 14.1. The summed E-state index contributed by atoms with van der Waals surface area (Å²) in [7, 11) is 1.65. The molecule has 3 heterocycles. The van der Waals surface area contributed by atoms with Crippen molar-refractivity contribution in [1.29, 1.82) is 0 Å². The topological polar surface area (TPSA) is 60.4 Å². The molecule has 0 saturated carbocycles. The first kappa shape index (κ1) is 17.0. The van der Waals surface area contributed by atoms with Crippen molar-refractivity contribution in [2.75, 3.05) is 20.3 Å². The molecule has 2 aromatic rings. The summed E-state index contributed by atoms with van der Waals surface area (Å²) >= 11 is 0. The molecule has 6 nitrogen and oxygen atoms in total. The molecule has 6 heteroatoms. The second-order valence-electron chi connectivity index (χ2n) is 6.07. The third kappa shape index (κ3) is 5.06. The molecule has 1 atom stereocenters. The number of rotatable bonds is 8. The molecule has 3 rings (SSSR count). The van der Waals surface area contributed by atoms with Gasteiger partial charge in [0, 0.05) is 57.5 Å². The maximum absolute atomic E-state index is 5.80. The number of hydrogen-bond acceptors (Lipinski definition) is 6. The van der Waals surface area contributed by atoms with Gasteiger partial charge in [-0.1, -0.05) is 6.07 Å². The van der Waals surface area contributed by atoms with Crippen LogP contribution in [-0.4, -0.2) is 46.2 Å². The maximum Gasteiger partial charge on any atom is 0.153 e. The van der Waals surface area contributed by atoms with Crippen LogP contribution in [0, 0.1) is 0 Å². The predicted octanol–water partition coefficient (Wildman–Crippen LogP) is 2.20. The highest BCUT2D eigenvalue weighted by atomic mass is 16.5. The second kappa shape index (κ2) is 8.82. The van der Waals surface area contributed by atoms with Gasteiger partial charge in [-0.2, -0.15) is 0 Å². The van der Waals surface area contributed by atoms with Crippen LogP contribution in [0.3, 0.4) is 0 Å². The molecule has 24 heavy (non-hydrogen) atoms. The molecule has 0 radical (unpaired) electrons. The van der Waals surface area contributed by atoms with Gasteiger partial charge >= 0.3 is 0 Å². The van der Waals surface area contributed by atoms with Gasteiger partial charge in [-0.3, -0.25) is 9.88 Å². The van der Waals surface area contributed by atoms with Gasteiger partial charge in [0.25, 0.3) is 0 Å². The minimum absolute atomic E-state index is 0.308. The number of nitrogens with zero attached hydrogens (tertiary/aromatic N) is 4. The van der Waals surface area contributed by atoms with Crippen LogP contribution in [0.25, 0.3) is 0 Å². The van der Waals surface area contributed by atoms with E-state index < -0.39 is 0 Å². The molecule has 1 aliphatic heterocycles. The molecule has 0 aromatic carbocycles. The average molecular weight is 328 g/mol. The largest absolute Gasteiger partial charge is 0.377 e. The summed E-state index contributed by atoms with van der Waals surface area (Å²) in [6.07, 6.45) is 8.17. The van der Waals surface area contributed by atoms with E-state index in [0.717, 1.165) is 50.3 Å². The highest BCUT2D eigenvalue weighted by Crippen LogP contribution is 2.16. The molecule has 2 aromatic heterocycles. The number of methoxy groups -OCH3 is 1. The van der Waals surface area contributed by atoms with Gasteiger partial charge < -0.3 is 9.47 Å². The first-order valence-corrected chi connectivity index (χ1v) is 8.36. The van der Waals surface area contributed by atoms with Crippen LogP contribution in [0.1, 0.15) is 29.9 Å². The lowest BCUT2D eigenvalue weighted by atomic mass is 10.2. The van der Waals surface area contributed by atoms with Crippen LogP contribution in [0.4, 0.5) is 0 Å². The number of pyridine rings is 1. The number of aromatic nitrogens is 3. The van der Waals surface area contributed by atoms with E-state index in [4.69, 9.17) is 9.47 Å². The van der Waals surface area contributed by atoms with Gasteiger partial charge in [-0.15, -0.1) is 0 Å². The molecule has 0 bridgehead atoms. The Kier molecular flexibility index (Phi) is 6.23. The third-order valence-electron chi connectivity index (χ3n) is 4.04. The van der Waals surface area contributed by atoms with Gasteiger partial charge in [0.05, 0.1) is 11.8 Å². The molecular weight excluding hydrogens is 304 g/mol. The molecule has 0 spiro atoms. The van der Waals surface area contributed by atoms with Gasteiger partial charge in [0.2, 0.25) is 0 Å². The fourth-order valence-electron chi connectivity index (χ4n) is 2.91. The van der Waals surface area contributed by atoms with E-state index >= 15 is 0 Å². The lowest BCUT2D eigenvalue weighted by Crippen LogP contribution is -2.31. The van der Waals surface area contributed by atoms with Crippen LogP contribution >= 0.6 is 0 Å². The fourth-order valence-corrected chi connectivity index (χ4v) is 2.91. The number of hydrogen-bond donors (Lipinski definition) is 0. The molecular formula is C18H24N4O2. The van der Waals surface area contributed by atoms with Crippen LogP contribution < -0.4 is 0 Å². The average Bonchev–Trinajstić information content (AvgIpc) is 3.11. The van der Waals surface area contributed by atoms with Crippen LogP contribution in [0.2, 0.25) is 0 Å². The number of ether oxygens (including phenoxy) is 2. The van der Waals surface area contributed by atoms with Crippen LogP contribution in [-0.2, 0) is 29.2 Å². The van der Waals surface area contributed by atoms with Crippen molar-refractivity contribution in [3.8, 4) is 0 Å². The summed E-state index contributed by atoms with van der Waals surface area (Å²) in [6, 6.07) is 6.02. The van der Waals surface area contributed by atoms with Crippen molar-refractivity contribution in [2.45, 2.75) is 38.6 Å². The van der Waals surface area contributed by atoms with Gasteiger partial charge in [-0.05, 0) is 25.0 Å². The van der Waals surface area contributed by atoms with E-state index in [9.17, 15) is 0 Å². The Bertz CT molecular complexity index is 600. The Morgan fingerprint density at radius 1 is 1.21 bits per heavy atom. The molecule has 1 saturated heterocycles. The van der Waals surface area contributed by atoms with Crippen molar-refractivity contribution < 1.29 is 9.47 Å². The molecule has 0 N–H and O–H groups in total. The molecule has 0 unspecified atom stereocenters. The predicted molar refractivity (Wildman–Crippen MR) is 90.1 cm³/mol. The zero-order chi connectivity index (χ0) is 16.6. The smallest absolute Gasteiger partial charge is 0.153 e. The van der Waals surface area contributed by atoms with Crippen molar-refractivity contribution in [2.24, 2.45) is 0 Å². The van der Waals surface area contributed by atoms with Crippen molar-refractivity contribution >= 4 is 0 Å². The van der Waals surface area contributed by atoms with E-state index in [1.165, 1.54) is 0 Å². The monoisotopic (exact) mass is 328 g/mol. The summed E-state index contributed by atoms with van der Waals surface area (Å²) in [4.78, 5) is 15.5. The molecule has 1 aliphatic rings. The highest BCUT2D eigenvalue weighted by molar-refractivity contribution is 5.07. The standard InChI is InChI=1S/C18H24N4O2/c1-23-14-18-20-9-15(10-21-18)11-22(13-17-6-4-8-24-17)12-16-5-2-3-7-19-16/h2-3,5,7,9-10,17H,4,6,8,11-14H2,1H3/t17-/m1/s1. The second-order valence-corrected chi connectivity index (χ2v) is 6.07. The first-order chi connectivity index (χ1) is 11.8. The van der Waals surface area contributed by atoms with Crippen molar-refractivity contribution in [3.05, 3.63) is 53.9 Å². The van der Waals surface area contributed by atoms with Gasteiger partial charge in [0.15, 0.2) is 5.82 Å². The van der Waals surface area contributed by atoms with Crippen molar-refractivity contribution in [3.63, 3.8) is 0 Å². The Labute approximate surface area is 142 Å². The minimum atomic E-state index is 0.308. The fraction of sp³-hybridized carbons (Fsp3) is 0.500. The van der Waals surface area contributed by atoms with Crippen LogP contribution in [0.15, 0.2) is 36.8 Å². The van der Waals surface area contributed by atoms with Gasteiger partial charge in [0.1, 0.15) is 6.61 Å². The Balaban J connectivity index is 1.66. The van der Waals surface area contributed by atoms with Crippen molar-refractivity contribution in [1.82, 2.24) is 19.9 Å². The lowest BCUT2D eigenvalue weighted by molar-refractivity contribution is 0.0674.